The van der Waals surface area contributed by atoms with Crippen molar-refractivity contribution in [2.24, 2.45) is 0 Å². The molecule has 0 aromatic carbocycles. The number of aromatic nitrogens is 3. The van der Waals surface area contributed by atoms with Crippen LogP contribution in [-0.4, -0.2) is 20.7 Å². The summed E-state index contributed by atoms with van der Waals surface area (Å²) in [7, 11) is 0. The van der Waals surface area contributed by atoms with E-state index in [0.717, 1.165) is 11.4 Å². The molecule has 0 spiro atoms. The van der Waals surface area contributed by atoms with Crippen LogP contribution in [0.3, 0.4) is 0 Å². The molecule has 0 aliphatic heterocycles. The maximum atomic E-state index is 11.1. The first-order valence-corrected chi connectivity index (χ1v) is 4.61. The Balaban J connectivity index is 2.18. The smallest absolute Gasteiger partial charge is 0.161 e. The topological polar surface area (TPSA) is 60.9 Å². The number of aryl methyl sites for hydroxylation is 1. The normalized spacial score (nSPS) is 10.5. The number of ketones is 1. The summed E-state index contributed by atoms with van der Waals surface area (Å²) < 4.78 is 6.47. The number of hydrogen-bond acceptors (Lipinski definition) is 4. The van der Waals surface area contributed by atoms with Crippen LogP contribution in [0.25, 0.3) is 0 Å². The van der Waals surface area contributed by atoms with Crippen molar-refractivity contribution < 1.29 is 9.42 Å². The highest BCUT2D eigenvalue weighted by molar-refractivity contribution is 5.93. The van der Waals surface area contributed by atoms with Crippen molar-refractivity contribution >= 4 is 5.78 Å². The molecule has 2 heterocycles. The second kappa shape index (κ2) is 3.68. The highest BCUT2D eigenvalue weighted by Gasteiger charge is 2.07. The molecule has 5 heteroatoms. The minimum Gasteiger partial charge on any atom is -0.347 e. The number of carbonyl (C=O) groups excluding carboxylic acids is 1. The molecule has 2 rings (SSSR count). The molecule has 15 heavy (non-hydrogen) atoms. The molecule has 0 bridgehead atoms. The molecule has 78 valence electrons. The number of hydrogen-bond donors (Lipinski definition) is 0. The standard InChI is InChI=1S/C10H11N3O2/c1-7-10(12-15-11-7)6-13-4-3-9(5-13)8(2)14/h3-5H,6H2,1-2H3. The number of nitrogens with zero attached hydrogens (tertiary/aromatic N) is 3. The Bertz CT molecular complexity index is 484. The summed E-state index contributed by atoms with van der Waals surface area (Å²) in [4.78, 5) is 11.1. The first-order valence-electron chi connectivity index (χ1n) is 4.61. The predicted molar refractivity (Wildman–Crippen MR) is 52.6 cm³/mol. The quantitative estimate of drug-likeness (QED) is 0.711. The van der Waals surface area contributed by atoms with Crippen LogP contribution < -0.4 is 0 Å². The second-order valence-corrected chi connectivity index (χ2v) is 3.43. The zero-order chi connectivity index (χ0) is 10.8. The molecule has 2 aromatic rings. The van der Waals surface area contributed by atoms with Crippen LogP contribution in [0.15, 0.2) is 23.1 Å². The molecule has 0 saturated heterocycles. The van der Waals surface area contributed by atoms with Gasteiger partial charge in [0.1, 0.15) is 11.4 Å². The molecule has 0 atom stereocenters. The lowest BCUT2D eigenvalue weighted by atomic mass is 10.2. The summed E-state index contributed by atoms with van der Waals surface area (Å²) in [6.07, 6.45) is 3.63. The molecule has 5 nitrogen and oxygen atoms in total. The average molecular weight is 205 g/mol. The van der Waals surface area contributed by atoms with E-state index in [1.807, 2.05) is 17.7 Å². The molecule has 0 amide bonds. The summed E-state index contributed by atoms with van der Waals surface area (Å²) in [5.41, 5.74) is 2.25. The van der Waals surface area contributed by atoms with Crippen LogP contribution in [0.2, 0.25) is 0 Å². The predicted octanol–water partition coefficient (Wildman–Crippen LogP) is 1.43. The fraction of sp³-hybridized carbons (Fsp3) is 0.300. The fourth-order valence-electron chi connectivity index (χ4n) is 1.31. The zero-order valence-electron chi connectivity index (χ0n) is 8.60. The van der Waals surface area contributed by atoms with Crippen molar-refractivity contribution in [3.8, 4) is 0 Å². The highest BCUT2D eigenvalue weighted by atomic mass is 16.6. The van der Waals surface area contributed by atoms with Crippen LogP contribution >= 0.6 is 0 Å². The van der Waals surface area contributed by atoms with Crippen molar-refractivity contribution in [1.29, 1.82) is 0 Å². The van der Waals surface area contributed by atoms with Crippen molar-refractivity contribution in [1.82, 2.24) is 14.9 Å². The summed E-state index contributed by atoms with van der Waals surface area (Å²) >= 11 is 0. The first-order chi connectivity index (χ1) is 7.16. The van der Waals surface area contributed by atoms with Gasteiger partial charge in [-0.15, -0.1) is 0 Å². The Morgan fingerprint density at radius 2 is 2.33 bits per heavy atom. The fourth-order valence-corrected chi connectivity index (χ4v) is 1.31. The number of Topliss-reactive ketones (excluding diaryl/α,β-unsaturated/α-hetero) is 1. The lowest BCUT2D eigenvalue weighted by Crippen LogP contribution is -1.99. The molecule has 0 aliphatic carbocycles. The van der Waals surface area contributed by atoms with Crippen molar-refractivity contribution in [2.75, 3.05) is 0 Å². The Kier molecular flexibility index (Phi) is 2.37. The molecule has 2 aromatic heterocycles. The van der Waals surface area contributed by atoms with E-state index in [4.69, 9.17) is 0 Å². The van der Waals surface area contributed by atoms with Gasteiger partial charge in [0.05, 0.1) is 6.54 Å². The number of rotatable bonds is 3. The van der Waals surface area contributed by atoms with Gasteiger partial charge >= 0.3 is 0 Å². The van der Waals surface area contributed by atoms with Crippen molar-refractivity contribution in [2.45, 2.75) is 20.4 Å². The van der Waals surface area contributed by atoms with Gasteiger partial charge in [0, 0.05) is 18.0 Å². The van der Waals surface area contributed by atoms with E-state index >= 15 is 0 Å². The van der Waals surface area contributed by atoms with Gasteiger partial charge in [0.2, 0.25) is 0 Å². The van der Waals surface area contributed by atoms with Crippen LogP contribution in [0.4, 0.5) is 0 Å². The molecular weight excluding hydrogens is 194 g/mol. The molecule has 0 radical (unpaired) electrons. The number of carbonyl (C=O) groups is 1. The Morgan fingerprint density at radius 3 is 2.87 bits per heavy atom. The molecule has 0 N–H and O–H groups in total. The van der Waals surface area contributed by atoms with Gasteiger partial charge in [-0.05, 0) is 19.9 Å². The lowest BCUT2D eigenvalue weighted by molar-refractivity contribution is 0.101. The van der Waals surface area contributed by atoms with Crippen LogP contribution in [0.5, 0.6) is 0 Å². The maximum absolute atomic E-state index is 11.1. The van der Waals surface area contributed by atoms with E-state index in [9.17, 15) is 4.79 Å². The van der Waals surface area contributed by atoms with Crippen molar-refractivity contribution in [3.05, 3.63) is 35.4 Å². The minimum absolute atomic E-state index is 0.0590. The van der Waals surface area contributed by atoms with Gasteiger partial charge in [0.15, 0.2) is 5.78 Å². The molecule has 0 aliphatic rings. The summed E-state index contributed by atoms with van der Waals surface area (Å²) in [6, 6.07) is 1.78. The summed E-state index contributed by atoms with van der Waals surface area (Å²) in [5.74, 6) is 0.0590. The van der Waals surface area contributed by atoms with E-state index < -0.39 is 0 Å². The molecular formula is C10H11N3O2. The molecule has 0 saturated carbocycles. The van der Waals surface area contributed by atoms with E-state index in [0.29, 0.717) is 12.1 Å². The van der Waals surface area contributed by atoms with E-state index in [2.05, 4.69) is 14.9 Å². The maximum Gasteiger partial charge on any atom is 0.161 e. The van der Waals surface area contributed by atoms with E-state index in [1.54, 1.807) is 19.2 Å². The minimum atomic E-state index is 0.0590. The first kappa shape index (κ1) is 9.64. The van der Waals surface area contributed by atoms with Crippen LogP contribution in [-0.2, 0) is 6.54 Å². The summed E-state index contributed by atoms with van der Waals surface area (Å²) in [5, 5.41) is 7.46. The average Bonchev–Trinajstić information content (AvgIpc) is 2.77. The third-order valence-electron chi connectivity index (χ3n) is 2.24. The van der Waals surface area contributed by atoms with Gasteiger partial charge in [0.25, 0.3) is 0 Å². The van der Waals surface area contributed by atoms with Gasteiger partial charge in [-0.2, -0.15) is 0 Å². The van der Waals surface area contributed by atoms with E-state index in [-0.39, 0.29) is 5.78 Å². The molecule has 0 unspecified atom stereocenters. The Hall–Kier alpha value is -1.91. The van der Waals surface area contributed by atoms with Gasteiger partial charge in [-0.1, -0.05) is 10.3 Å². The molecule has 0 fully saturated rings. The van der Waals surface area contributed by atoms with E-state index in [1.165, 1.54) is 0 Å². The third kappa shape index (κ3) is 1.96. The SMILES string of the molecule is CC(=O)c1ccn(Cc2nonc2C)c1. The van der Waals surface area contributed by atoms with Crippen LogP contribution in [0, 0.1) is 6.92 Å². The van der Waals surface area contributed by atoms with Gasteiger partial charge < -0.3 is 4.57 Å². The second-order valence-electron chi connectivity index (χ2n) is 3.43. The Morgan fingerprint density at radius 1 is 1.53 bits per heavy atom. The Labute approximate surface area is 86.7 Å². The third-order valence-corrected chi connectivity index (χ3v) is 2.24. The lowest BCUT2D eigenvalue weighted by Gasteiger charge is -1.97. The zero-order valence-corrected chi connectivity index (χ0v) is 8.60. The van der Waals surface area contributed by atoms with Gasteiger partial charge in [-0.25, -0.2) is 4.63 Å². The summed E-state index contributed by atoms with van der Waals surface area (Å²) in [6.45, 7) is 3.95. The largest absolute Gasteiger partial charge is 0.347 e. The monoisotopic (exact) mass is 205 g/mol. The van der Waals surface area contributed by atoms with Crippen molar-refractivity contribution in [3.63, 3.8) is 0 Å². The highest BCUT2D eigenvalue weighted by Crippen LogP contribution is 2.07. The van der Waals surface area contributed by atoms with Gasteiger partial charge in [-0.3, -0.25) is 4.79 Å². The van der Waals surface area contributed by atoms with Crippen LogP contribution in [0.1, 0.15) is 28.7 Å².